The molecular formula is C29H30N6O2. The van der Waals surface area contributed by atoms with E-state index in [-0.39, 0.29) is 12.2 Å². The number of ether oxygens (including phenoxy) is 1. The van der Waals surface area contributed by atoms with E-state index in [0.29, 0.717) is 17.3 Å². The van der Waals surface area contributed by atoms with E-state index in [0.717, 1.165) is 74.6 Å². The van der Waals surface area contributed by atoms with Gasteiger partial charge in [0.1, 0.15) is 0 Å². The quantitative estimate of drug-likeness (QED) is 0.368. The Labute approximate surface area is 217 Å². The van der Waals surface area contributed by atoms with Crippen LogP contribution < -0.4 is 0 Å². The minimum Gasteiger partial charge on any atom is -0.379 e. The largest absolute Gasteiger partial charge is 0.379 e. The van der Waals surface area contributed by atoms with Crippen LogP contribution >= 0.6 is 0 Å². The number of nitrogens with zero attached hydrogens (tertiary/aromatic N) is 6. The van der Waals surface area contributed by atoms with Gasteiger partial charge in [-0.05, 0) is 56.4 Å². The molecule has 0 N–H and O–H groups in total. The summed E-state index contributed by atoms with van der Waals surface area (Å²) in [5.41, 5.74) is 3.74. The Hall–Kier alpha value is -3.85. The van der Waals surface area contributed by atoms with E-state index in [1.807, 2.05) is 31.2 Å². The standard InChI is InChI=1S/C29H30N6O2/c1-21-26(19-33-35(21)25-6-4-23(31-2)5-7-25)27(36)17-22-3-8-28(32-18-22)29(20-30)11-9-24(10-12-29)34-13-15-37-16-14-34/h3-8,18-19,24H,9-17H2,1H3. The van der Waals surface area contributed by atoms with E-state index in [1.165, 1.54) is 0 Å². The zero-order valence-electron chi connectivity index (χ0n) is 21.1. The van der Waals surface area contributed by atoms with E-state index in [2.05, 4.69) is 25.9 Å². The zero-order chi connectivity index (χ0) is 25.8. The van der Waals surface area contributed by atoms with Gasteiger partial charge in [-0.1, -0.05) is 18.2 Å². The number of aromatic nitrogens is 3. The number of carbonyl (C=O) groups excluding carboxylic acids is 1. The summed E-state index contributed by atoms with van der Waals surface area (Å²) in [6.45, 7) is 12.5. The molecule has 2 aromatic heterocycles. The maximum Gasteiger partial charge on any atom is 0.187 e. The van der Waals surface area contributed by atoms with Crippen LogP contribution in [0.3, 0.4) is 0 Å². The molecule has 1 aliphatic heterocycles. The van der Waals surface area contributed by atoms with E-state index in [4.69, 9.17) is 11.3 Å². The van der Waals surface area contributed by atoms with Crippen LogP contribution in [0, 0.1) is 24.8 Å². The number of morpholine rings is 1. The summed E-state index contributed by atoms with van der Waals surface area (Å²) in [4.78, 5) is 23.7. The molecule has 37 heavy (non-hydrogen) atoms. The summed E-state index contributed by atoms with van der Waals surface area (Å²) < 4.78 is 7.20. The Bertz CT molecular complexity index is 1330. The van der Waals surface area contributed by atoms with Crippen molar-refractivity contribution in [3.63, 3.8) is 0 Å². The summed E-state index contributed by atoms with van der Waals surface area (Å²) >= 11 is 0. The number of rotatable bonds is 6. The zero-order valence-corrected chi connectivity index (χ0v) is 21.1. The molecule has 8 nitrogen and oxygen atoms in total. The van der Waals surface area contributed by atoms with Gasteiger partial charge in [0.2, 0.25) is 0 Å². The lowest BCUT2D eigenvalue weighted by Crippen LogP contribution is -2.47. The Balaban J connectivity index is 1.24. The summed E-state index contributed by atoms with van der Waals surface area (Å²) in [5.74, 6) is -0.0305. The van der Waals surface area contributed by atoms with Crippen LogP contribution in [0.1, 0.15) is 53.0 Å². The van der Waals surface area contributed by atoms with Crippen molar-refractivity contribution in [1.82, 2.24) is 19.7 Å². The molecule has 1 saturated heterocycles. The third-order valence-corrected chi connectivity index (χ3v) is 7.80. The van der Waals surface area contributed by atoms with Gasteiger partial charge in [-0.2, -0.15) is 10.4 Å². The number of hydrogen-bond donors (Lipinski definition) is 0. The fourth-order valence-electron chi connectivity index (χ4n) is 5.53. The second kappa shape index (κ2) is 10.6. The summed E-state index contributed by atoms with van der Waals surface area (Å²) in [6, 6.07) is 14.1. The normalized spacial score (nSPS) is 22.2. The van der Waals surface area contributed by atoms with Crippen LogP contribution in [0.4, 0.5) is 5.69 Å². The molecule has 0 unspecified atom stereocenters. The molecule has 1 saturated carbocycles. The number of hydrogen-bond acceptors (Lipinski definition) is 6. The van der Waals surface area contributed by atoms with Crippen LogP contribution in [0.25, 0.3) is 10.5 Å². The van der Waals surface area contributed by atoms with Gasteiger partial charge in [0.25, 0.3) is 0 Å². The fourth-order valence-corrected chi connectivity index (χ4v) is 5.53. The van der Waals surface area contributed by atoms with Crippen molar-refractivity contribution in [2.45, 2.75) is 50.5 Å². The second-order valence-electron chi connectivity index (χ2n) is 9.91. The number of ketones is 1. The number of benzene rings is 1. The molecule has 2 fully saturated rings. The average Bonchev–Trinajstić information content (AvgIpc) is 3.35. The highest BCUT2D eigenvalue weighted by Crippen LogP contribution is 2.39. The van der Waals surface area contributed by atoms with Crippen molar-refractivity contribution >= 4 is 11.5 Å². The molecule has 5 rings (SSSR count). The maximum atomic E-state index is 13.1. The molecule has 0 bridgehead atoms. The van der Waals surface area contributed by atoms with Gasteiger partial charge in [0, 0.05) is 31.7 Å². The van der Waals surface area contributed by atoms with Crippen LogP contribution in [-0.2, 0) is 16.6 Å². The molecule has 0 radical (unpaired) electrons. The van der Waals surface area contributed by atoms with Gasteiger partial charge < -0.3 is 4.74 Å². The van der Waals surface area contributed by atoms with Crippen molar-refractivity contribution in [2.24, 2.45) is 0 Å². The molecule has 1 aromatic carbocycles. The van der Waals surface area contributed by atoms with Crippen molar-refractivity contribution in [3.05, 3.63) is 82.7 Å². The van der Waals surface area contributed by atoms with Gasteiger partial charge in [0.15, 0.2) is 11.5 Å². The van der Waals surface area contributed by atoms with Crippen LogP contribution in [-0.4, -0.2) is 57.8 Å². The highest BCUT2D eigenvalue weighted by Gasteiger charge is 2.40. The Morgan fingerprint density at radius 2 is 1.89 bits per heavy atom. The molecule has 0 atom stereocenters. The number of carbonyl (C=O) groups is 1. The number of Topliss-reactive ketones (excluding diaryl/α,β-unsaturated/α-hetero) is 1. The van der Waals surface area contributed by atoms with Gasteiger partial charge in [-0.15, -0.1) is 0 Å². The van der Waals surface area contributed by atoms with Crippen molar-refractivity contribution in [3.8, 4) is 11.8 Å². The second-order valence-corrected chi connectivity index (χ2v) is 9.91. The van der Waals surface area contributed by atoms with Gasteiger partial charge >= 0.3 is 0 Å². The number of nitriles is 1. The topological polar surface area (TPSA) is 88.4 Å². The molecule has 3 aromatic rings. The fraction of sp³-hybridized carbons (Fsp3) is 0.414. The molecule has 2 aliphatic rings. The van der Waals surface area contributed by atoms with Gasteiger partial charge in [-0.25, -0.2) is 9.53 Å². The van der Waals surface area contributed by atoms with Gasteiger partial charge in [-0.3, -0.25) is 14.7 Å². The van der Waals surface area contributed by atoms with Crippen molar-refractivity contribution < 1.29 is 9.53 Å². The summed E-state index contributed by atoms with van der Waals surface area (Å²) in [5, 5.41) is 14.5. The first-order valence-electron chi connectivity index (χ1n) is 12.8. The molecule has 1 aliphatic carbocycles. The monoisotopic (exact) mass is 494 g/mol. The Morgan fingerprint density at radius 3 is 2.51 bits per heavy atom. The molecule has 0 amide bonds. The third kappa shape index (κ3) is 5.04. The summed E-state index contributed by atoms with van der Waals surface area (Å²) in [7, 11) is 0. The average molecular weight is 495 g/mol. The first-order chi connectivity index (χ1) is 18.0. The number of pyridine rings is 1. The minimum atomic E-state index is -0.564. The molecule has 188 valence electrons. The SMILES string of the molecule is [C-]#[N+]c1ccc(-n2ncc(C(=O)Cc3ccc(C4(C#N)CCC(N5CCOCC5)CC4)nc3)c2C)cc1. The van der Waals surface area contributed by atoms with Crippen LogP contribution in [0.2, 0.25) is 0 Å². The molecular weight excluding hydrogens is 464 g/mol. The van der Waals surface area contributed by atoms with Crippen molar-refractivity contribution in [2.75, 3.05) is 26.3 Å². The van der Waals surface area contributed by atoms with Crippen molar-refractivity contribution in [1.29, 1.82) is 5.26 Å². The molecule has 0 spiro atoms. The van der Waals surface area contributed by atoms with Crippen LogP contribution in [0.15, 0.2) is 48.8 Å². The highest BCUT2D eigenvalue weighted by molar-refractivity contribution is 5.98. The maximum absolute atomic E-state index is 13.1. The minimum absolute atomic E-state index is 0.0305. The first kappa shape index (κ1) is 24.8. The van der Waals surface area contributed by atoms with Gasteiger partial charge in [0.05, 0.1) is 60.1 Å². The lowest BCUT2D eigenvalue weighted by Gasteiger charge is -2.41. The smallest absolute Gasteiger partial charge is 0.187 e. The lowest BCUT2D eigenvalue weighted by atomic mass is 9.71. The predicted octanol–water partition coefficient (Wildman–Crippen LogP) is 4.59. The first-order valence-corrected chi connectivity index (χ1v) is 12.8. The Kier molecular flexibility index (Phi) is 7.14. The lowest BCUT2D eigenvalue weighted by molar-refractivity contribution is 0.00493. The van der Waals surface area contributed by atoms with E-state index in [1.54, 1.807) is 29.2 Å². The predicted molar refractivity (Wildman–Crippen MR) is 139 cm³/mol. The summed E-state index contributed by atoms with van der Waals surface area (Å²) in [6.07, 6.45) is 7.12. The molecule has 3 heterocycles. The molecule has 8 heteroatoms. The van der Waals surface area contributed by atoms with E-state index >= 15 is 0 Å². The highest BCUT2D eigenvalue weighted by atomic mass is 16.5. The third-order valence-electron chi connectivity index (χ3n) is 7.80. The van der Waals surface area contributed by atoms with E-state index in [9.17, 15) is 10.1 Å². The Morgan fingerprint density at radius 1 is 1.16 bits per heavy atom. The van der Waals surface area contributed by atoms with E-state index < -0.39 is 5.41 Å². The van der Waals surface area contributed by atoms with Crippen LogP contribution in [0.5, 0.6) is 0 Å².